The molecule has 5 nitrogen and oxygen atoms in total. The summed E-state index contributed by atoms with van der Waals surface area (Å²) >= 11 is 23.5. The van der Waals surface area contributed by atoms with Crippen LogP contribution in [0, 0.1) is 0 Å². The Hall–Kier alpha value is -2.00. The summed E-state index contributed by atoms with van der Waals surface area (Å²) in [6, 6.07) is 18.5. The standard InChI is InChI=1S/C27H22BrCl3N2O3S/c1-2-35-11-10-33-26(34)24(37-27(33)32-19-6-4-3-5-7-19)15-18-12-20(28)25(23(31)14-18)36-16-17-8-9-21(29)22(30)13-17/h3-9,12-15H,2,10-11,16H2,1H3/b24-15-,32-27?. The van der Waals surface area contributed by atoms with Crippen molar-refractivity contribution in [2.45, 2.75) is 13.5 Å². The van der Waals surface area contributed by atoms with E-state index < -0.39 is 0 Å². The van der Waals surface area contributed by atoms with Crippen LogP contribution in [-0.4, -0.2) is 35.7 Å². The van der Waals surface area contributed by atoms with Crippen molar-refractivity contribution in [1.29, 1.82) is 0 Å². The van der Waals surface area contributed by atoms with Crippen LogP contribution >= 0.6 is 62.5 Å². The van der Waals surface area contributed by atoms with Gasteiger partial charge in [0.15, 0.2) is 10.9 Å². The maximum Gasteiger partial charge on any atom is 0.266 e. The lowest BCUT2D eigenvalue weighted by molar-refractivity contribution is -0.122. The van der Waals surface area contributed by atoms with E-state index in [0.717, 1.165) is 16.8 Å². The summed E-state index contributed by atoms with van der Waals surface area (Å²) in [6.45, 7) is 3.60. The van der Waals surface area contributed by atoms with E-state index in [1.54, 1.807) is 29.2 Å². The predicted molar refractivity (Wildman–Crippen MR) is 157 cm³/mol. The molecule has 10 heteroatoms. The average molecular weight is 641 g/mol. The van der Waals surface area contributed by atoms with Crippen molar-refractivity contribution in [2.24, 2.45) is 4.99 Å². The number of amides is 1. The maximum atomic E-state index is 13.3. The van der Waals surface area contributed by atoms with Gasteiger partial charge in [-0.1, -0.05) is 59.1 Å². The van der Waals surface area contributed by atoms with Crippen LogP contribution < -0.4 is 4.74 Å². The molecule has 1 fully saturated rings. The number of para-hydroxylation sites is 1. The van der Waals surface area contributed by atoms with E-state index in [0.29, 0.717) is 55.1 Å². The molecule has 0 radical (unpaired) electrons. The molecule has 0 unspecified atom stereocenters. The molecule has 1 aliphatic rings. The van der Waals surface area contributed by atoms with Crippen LogP contribution in [0.15, 0.2) is 75.0 Å². The number of ether oxygens (including phenoxy) is 2. The van der Waals surface area contributed by atoms with Gasteiger partial charge in [-0.05, 0) is 88.2 Å². The third-order valence-electron chi connectivity index (χ3n) is 5.22. The van der Waals surface area contributed by atoms with Crippen molar-refractivity contribution in [3.05, 3.63) is 96.2 Å². The van der Waals surface area contributed by atoms with E-state index in [1.165, 1.54) is 11.8 Å². The van der Waals surface area contributed by atoms with Crippen molar-refractivity contribution in [3.8, 4) is 5.75 Å². The monoisotopic (exact) mass is 638 g/mol. The first-order valence-electron chi connectivity index (χ1n) is 11.3. The van der Waals surface area contributed by atoms with Crippen LogP contribution in [0.3, 0.4) is 0 Å². The zero-order valence-corrected chi connectivity index (χ0v) is 24.4. The minimum atomic E-state index is -0.133. The van der Waals surface area contributed by atoms with E-state index in [4.69, 9.17) is 44.3 Å². The number of carbonyl (C=O) groups is 1. The third kappa shape index (κ3) is 7.31. The van der Waals surface area contributed by atoms with Gasteiger partial charge in [-0.3, -0.25) is 9.69 Å². The Morgan fingerprint density at radius 3 is 2.51 bits per heavy atom. The Labute approximate surface area is 243 Å². The zero-order valence-electron chi connectivity index (χ0n) is 19.7. The van der Waals surface area contributed by atoms with Gasteiger partial charge in [-0.15, -0.1) is 0 Å². The molecule has 4 rings (SSSR count). The van der Waals surface area contributed by atoms with Crippen LogP contribution in [0.1, 0.15) is 18.1 Å². The summed E-state index contributed by atoms with van der Waals surface area (Å²) in [4.78, 5) is 20.1. The number of carbonyl (C=O) groups excluding carboxylic acids is 1. The van der Waals surface area contributed by atoms with Crippen LogP contribution in [0.2, 0.25) is 15.1 Å². The topological polar surface area (TPSA) is 51.1 Å². The number of benzene rings is 3. The molecule has 0 atom stereocenters. The van der Waals surface area contributed by atoms with Gasteiger partial charge < -0.3 is 9.47 Å². The Balaban J connectivity index is 1.55. The van der Waals surface area contributed by atoms with Crippen molar-refractivity contribution >= 4 is 85.3 Å². The first-order valence-corrected chi connectivity index (χ1v) is 14.1. The van der Waals surface area contributed by atoms with Gasteiger partial charge in [-0.2, -0.15) is 0 Å². The van der Waals surface area contributed by atoms with E-state index in [-0.39, 0.29) is 12.5 Å². The SMILES string of the molecule is CCOCCN1C(=O)/C(=C/c2cc(Cl)c(OCc3ccc(Cl)c(Cl)c3)c(Br)c2)SC1=Nc1ccccc1. The van der Waals surface area contributed by atoms with Gasteiger partial charge in [0, 0.05) is 6.61 Å². The van der Waals surface area contributed by atoms with Crippen molar-refractivity contribution in [3.63, 3.8) is 0 Å². The van der Waals surface area contributed by atoms with E-state index in [9.17, 15) is 4.79 Å². The quantitative estimate of drug-likeness (QED) is 0.174. The highest BCUT2D eigenvalue weighted by Gasteiger charge is 2.33. The number of hydrogen-bond acceptors (Lipinski definition) is 5. The minimum absolute atomic E-state index is 0.133. The summed E-state index contributed by atoms with van der Waals surface area (Å²) in [7, 11) is 0. The van der Waals surface area contributed by atoms with Gasteiger partial charge in [0.1, 0.15) is 6.61 Å². The number of aliphatic imine (C=N–C) groups is 1. The molecule has 1 aliphatic heterocycles. The van der Waals surface area contributed by atoms with Crippen LogP contribution in [0.5, 0.6) is 5.75 Å². The van der Waals surface area contributed by atoms with Crippen LogP contribution in [0.25, 0.3) is 6.08 Å². The van der Waals surface area contributed by atoms with Gasteiger partial charge in [0.2, 0.25) is 0 Å². The first kappa shape index (κ1) is 28.0. The molecule has 1 saturated heterocycles. The highest BCUT2D eigenvalue weighted by atomic mass is 79.9. The molecule has 1 heterocycles. The van der Waals surface area contributed by atoms with Crippen molar-refractivity contribution in [2.75, 3.05) is 19.8 Å². The van der Waals surface area contributed by atoms with Gasteiger partial charge in [0.25, 0.3) is 5.91 Å². The highest BCUT2D eigenvalue weighted by Crippen LogP contribution is 2.38. The Kier molecular flexibility index (Phi) is 9.98. The van der Waals surface area contributed by atoms with E-state index in [2.05, 4.69) is 20.9 Å². The number of thioether (sulfide) groups is 1. The molecular formula is C27H22BrCl3N2O3S. The smallest absolute Gasteiger partial charge is 0.266 e. The molecular weight excluding hydrogens is 619 g/mol. The lowest BCUT2D eigenvalue weighted by Gasteiger charge is -2.15. The summed E-state index contributed by atoms with van der Waals surface area (Å²) in [5, 5.41) is 1.95. The molecule has 192 valence electrons. The lowest BCUT2D eigenvalue weighted by atomic mass is 10.2. The highest BCUT2D eigenvalue weighted by molar-refractivity contribution is 9.10. The molecule has 3 aromatic carbocycles. The number of nitrogens with zero attached hydrogens (tertiary/aromatic N) is 2. The van der Waals surface area contributed by atoms with E-state index >= 15 is 0 Å². The number of amidine groups is 1. The van der Waals surface area contributed by atoms with Crippen LogP contribution in [-0.2, 0) is 16.1 Å². The Bertz CT molecular complexity index is 1330. The summed E-state index contributed by atoms with van der Waals surface area (Å²) in [5.41, 5.74) is 2.38. The number of hydrogen-bond donors (Lipinski definition) is 0. The van der Waals surface area contributed by atoms with Gasteiger partial charge in [0.05, 0.1) is 43.3 Å². The molecule has 0 saturated carbocycles. The fraction of sp³-hybridized carbons (Fsp3) is 0.185. The second-order valence-electron chi connectivity index (χ2n) is 7.85. The largest absolute Gasteiger partial charge is 0.486 e. The molecule has 0 bridgehead atoms. The number of halogens is 4. The van der Waals surface area contributed by atoms with E-state index in [1.807, 2.05) is 49.4 Å². The first-order chi connectivity index (χ1) is 17.9. The Morgan fingerprint density at radius 2 is 1.81 bits per heavy atom. The second kappa shape index (κ2) is 13.2. The zero-order chi connectivity index (χ0) is 26.4. The van der Waals surface area contributed by atoms with Gasteiger partial charge in [-0.25, -0.2) is 4.99 Å². The maximum absolute atomic E-state index is 13.3. The van der Waals surface area contributed by atoms with Crippen molar-refractivity contribution < 1.29 is 14.3 Å². The molecule has 1 amide bonds. The van der Waals surface area contributed by atoms with Crippen LogP contribution in [0.4, 0.5) is 5.69 Å². The average Bonchev–Trinajstić information content (AvgIpc) is 3.15. The molecule has 0 aromatic heterocycles. The van der Waals surface area contributed by atoms with Gasteiger partial charge >= 0.3 is 0 Å². The fourth-order valence-corrected chi connectivity index (χ4v) is 5.77. The minimum Gasteiger partial charge on any atom is -0.486 e. The normalized spacial score (nSPS) is 15.7. The summed E-state index contributed by atoms with van der Waals surface area (Å²) in [5.74, 6) is 0.358. The molecule has 0 spiro atoms. The fourth-order valence-electron chi connectivity index (χ4n) is 3.44. The second-order valence-corrected chi connectivity index (χ2v) is 10.9. The molecule has 0 aliphatic carbocycles. The molecule has 37 heavy (non-hydrogen) atoms. The Morgan fingerprint density at radius 1 is 1.03 bits per heavy atom. The predicted octanol–water partition coefficient (Wildman–Crippen LogP) is 8.63. The summed E-state index contributed by atoms with van der Waals surface area (Å²) < 4.78 is 12.1. The molecule has 3 aromatic rings. The molecule has 0 N–H and O–H groups in total. The van der Waals surface area contributed by atoms with Crippen molar-refractivity contribution in [1.82, 2.24) is 4.90 Å². The number of rotatable bonds is 9. The summed E-state index contributed by atoms with van der Waals surface area (Å²) in [6.07, 6.45) is 1.80. The lowest BCUT2D eigenvalue weighted by Crippen LogP contribution is -2.32. The third-order valence-corrected chi connectivity index (χ3v) is 7.83.